The predicted octanol–water partition coefficient (Wildman–Crippen LogP) is 2.08. The molecule has 1 aliphatic heterocycles. The molecular formula is C14H18ClNO3. The second-order valence-corrected chi connectivity index (χ2v) is 5.21. The predicted molar refractivity (Wildman–Crippen MR) is 73.3 cm³/mol. The SMILES string of the molecule is COC(=O)c1ccc(Cl)c(CN2CCC(O)CC2)c1. The highest BCUT2D eigenvalue weighted by Gasteiger charge is 2.18. The summed E-state index contributed by atoms with van der Waals surface area (Å²) >= 11 is 6.16. The Morgan fingerprint density at radius 3 is 2.79 bits per heavy atom. The molecule has 0 aliphatic carbocycles. The molecule has 1 heterocycles. The lowest BCUT2D eigenvalue weighted by Crippen LogP contribution is -2.35. The maximum Gasteiger partial charge on any atom is 0.337 e. The maximum atomic E-state index is 11.5. The average molecular weight is 284 g/mol. The van der Waals surface area contributed by atoms with E-state index in [2.05, 4.69) is 4.90 Å². The number of carbonyl (C=O) groups excluding carboxylic acids is 1. The van der Waals surface area contributed by atoms with Crippen LogP contribution in [0.5, 0.6) is 0 Å². The summed E-state index contributed by atoms with van der Waals surface area (Å²) < 4.78 is 4.71. The second-order valence-electron chi connectivity index (χ2n) is 4.81. The van der Waals surface area contributed by atoms with E-state index in [1.165, 1.54) is 7.11 Å². The molecule has 1 saturated heterocycles. The van der Waals surface area contributed by atoms with Crippen LogP contribution >= 0.6 is 11.6 Å². The molecule has 0 aromatic heterocycles. The lowest BCUT2D eigenvalue weighted by Gasteiger charge is -2.29. The number of aliphatic hydroxyl groups excluding tert-OH is 1. The normalized spacial score (nSPS) is 17.4. The fraction of sp³-hybridized carbons (Fsp3) is 0.500. The quantitative estimate of drug-likeness (QED) is 0.863. The molecule has 4 nitrogen and oxygen atoms in total. The van der Waals surface area contributed by atoms with Crippen LogP contribution in [0.4, 0.5) is 0 Å². The molecule has 0 atom stereocenters. The van der Waals surface area contributed by atoms with Crippen molar-refractivity contribution < 1.29 is 14.6 Å². The molecule has 1 aliphatic rings. The number of hydrogen-bond acceptors (Lipinski definition) is 4. The van der Waals surface area contributed by atoms with Crippen LogP contribution < -0.4 is 0 Å². The van der Waals surface area contributed by atoms with Gasteiger partial charge in [0, 0.05) is 24.7 Å². The first kappa shape index (κ1) is 14.3. The molecule has 0 amide bonds. The Hall–Kier alpha value is -1.10. The zero-order valence-electron chi connectivity index (χ0n) is 10.9. The van der Waals surface area contributed by atoms with Crippen molar-refractivity contribution in [2.24, 2.45) is 0 Å². The molecule has 5 heteroatoms. The first-order valence-electron chi connectivity index (χ1n) is 6.37. The molecule has 0 unspecified atom stereocenters. The van der Waals surface area contributed by atoms with Crippen LogP contribution in [0.15, 0.2) is 18.2 Å². The van der Waals surface area contributed by atoms with E-state index in [-0.39, 0.29) is 12.1 Å². The highest BCUT2D eigenvalue weighted by molar-refractivity contribution is 6.31. The van der Waals surface area contributed by atoms with Gasteiger partial charge in [0.15, 0.2) is 0 Å². The van der Waals surface area contributed by atoms with Gasteiger partial charge in [-0.1, -0.05) is 11.6 Å². The Labute approximate surface area is 117 Å². The summed E-state index contributed by atoms with van der Waals surface area (Å²) in [6.45, 7) is 2.39. The number of halogens is 1. The van der Waals surface area contributed by atoms with Gasteiger partial charge in [-0.3, -0.25) is 4.90 Å². The van der Waals surface area contributed by atoms with Gasteiger partial charge in [0.25, 0.3) is 0 Å². The van der Waals surface area contributed by atoms with Gasteiger partial charge in [-0.15, -0.1) is 0 Å². The summed E-state index contributed by atoms with van der Waals surface area (Å²) in [7, 11) is 1.36. The Morgan fingerprint density at radius 2 is 2.16 bits per heavy atom. The Bertz CT molecular complexity index is 456. The van der Waals surface area contributed by atoms with Crippen molar-refractivity contribution in [3.05, 3.63) is 34.3 Å². The highest BCUT2D eigenvalue weighted by atomic mass is 35.5. The molecule has 19 heavy (non-hydrogen) atoms. The molecule has 1 fully saturated rings. The fourth-order valence-corrected chi connectivity index (χ4v) is 2.44. The monoisotopic (exact) mass is 283 g/mol. The van der Waals surface area contributed by atoms with E-state index in [4.69, 9.17) is 16.3 Å². The second kappa shape index (κ2) is 6.37. The van der Waals surface area contributed by atoms with Crippen molar-refractivity contribution in [2.75, 3.05) is 20.2 Å². The molecule has 1 N–H and O–H groups in total. The van der Waals surface area contributed by atoms with Crippen LogP contribution in [0.25, 0.3) is 0 Å². The maximum absolute atomic E-state index is 11.5. The molecule has 0 bridgehead atoms. The Morgan fingerprint density at radius 1 is 1.47 bits per heavy atom. The molecule has 1 aromatic rings. The number of methoxy groups -OCH3 is 1. The third kappa shape index (κ3) is 3.69. The lowest BCUT2D eigenvalue weighted by atomic mass is 10.1. The first-order chi connectivity index (χ1) is 9.10. The molecular weight excluding hydrogens is 266 g/mol. The van der Waals surface area contributed by atoms with Crippen molar-refractivity contribution in [3.63, 3.8) is 0 Å². The summed E-state index contributed by atoms with van der Waals surface area (Å²) in [5.41, 5.74) is 1.43. The van der Waals surface area contributed by atoms with E-state index >= 15 is 0 Å². The van der Waals surface area contributed by atoms with Crippen LogP contribution in [0.1, 0.15) is 28.8 Å². The zero-order chi connectivity index (χ0) is 13.8. The van der Waals surface area contributed by atoms with Crippen LogP contribution in [0.3, 0.4) is 0 Å². The summed E-state index contributed by atoms with van der Waals surface area (Å²) in [6.07, 6.45) is 1.39. The van der Waals surface area contributed by atoms with Crippen LogP contribution in [-0.4, -0.2) is 42.3 Å². The summed E-state index contributed by atoms with van der Waals surface area (Å²) in [5, 5.41) is 10.1. The standard InChI is InChI=1S/C14H18ClNO3/c1-19-14(18)10-2-3-13(15)11(8-10)9-16-6-4-12(17)5-7-16/h2-3,8,12,17H,4-7,9H2,1H3. The smallest absolute Gasteiger partial charge is 0.337 e. The third-order valence-electron chi connectivity index (χ3n) is 3.42. The third-order valence-corrected chi connectivity index (χ3v) is 3.79. The van der Waals surface area contributed by atoms with Crippen LogP contribution in [-0.2, 0) is 11.3 Å². The minimum absolute atomic E-state index is 0.187. The van der Waals surface area contributed by atoms with E-state index in [1.807, 2.05) is 0 Å². The van der Waals surface area contributed by atoms with Gasteiger partial charge in [0.2, 0.25) is 0 Å². The van der Waals surface area contributed by atoms with Gasteiger partial charge >= 0.3 is 5.97 Å². The van der Waals surface area contributed by atoms with Crippen LogP contribution in [0, 0.1) is 0 Å². The topological polar surface area (TPSA) is 49.8 Å². The minimum Gasteiger partial charge on any atom is -0.465 e. The van der Waals surface area contributed by atoms with Crippen molar-refractivity contribution in [1.29, 1.82) is 0 Å². The summed E-state index contributed by atoms with van der Waals surface area (Å²) in [5.74, 6) is -0.355. The van der Waals surface area contributed by atoms with Gasteiger partial charge in [0.1, 0.15) is 0 Å². The van der Waals surface area contributed by atoms with Gasteiger partial charge < -0.3 is 9.84 Å². The first-order valence-corrected chi connectivity index (χ1v) is 6.75. The van der Waals surface area contributed by atoms with E-state index < -0.39 is 0 Å². The highest BCUT2D eigenvalue weighted by Crippen LogP contribution is 2.22. The fourth-order valence-electron chi connectivity index (χ4n) is 2.26. The number of esters is 1. The molecule has 1 aromatic carbocycles. The number of carbonyl (C=O) groups is 1. The molecule has 2 rings (SSSR count). The number of nitrogens with zero attached hydrogens (tertiary/aromatic N) is 1. The van der Waals surface area contributed by atoms with Gasteiger partial charge in [-0.05, 0) is 36.6 Å². The molecule has 104 valence electrons. The van der Waals surface area contributed by atoms with Gasteiger partial charge in [-0.25, -0.2) is 4.79 Å². The summed E-state index contributed by atoms with van der Waals surface area (Å²) in [6, 6.07) is 5.17. The van der Waals surface area contributed by atoms with Crippen molar-refractivity contribution in [3.8, 4) is 0 Å². The number of rotatable bonds is 3. The Balaban J connectivity index is 2.08. The number of benzene rings is 1. The van der Waals surface area contributed by atoms with Gasteiger partial charge in [0.05, 0.1) is 18.8 Å². The van der Waals surface area contributed by atoms with Crippen LogP contribution in [0.2, 0.25) is 5.02 Å². The van der Waals surface area contributed by atoms with Gasteiger partial charge in [-0.2, -0.15) is 0 Å². The molecule has 0 spiro atoms. The van der Waals surface area contributed by atoms with E-state index in [1.54, 1.807) is 18.2 Å². The lowest BCUT2D eigenvalue weighted by molar-refractivity contribution is 0.0600. The largest absolute Gasteiger partial charge is 0.465 e. The number of aliphatic hydroxyl groups is 1. The van der Waals surface area contributed by atoms with Crippen molar-refractivity contribution in [1.82, 2.24) is 4.90 Å². The average Bonchev–Trinajstić information content (AvgIpc) is 2.43. The minimum atomic E-state index is -0.355. The number of likely N-dealkylation sites (tertiary alicyclic amines) is 1. The Kier molecular flexibility index (Phi) is 4.80. The molecule has 0 radical (unpaired) electrons. The van der Waals surface area contributed by atoms with E-state index in [9.17, 15) is 9.90 Å². The van der Waals surface area contributed by atoms with E-state index in [0.717, 1.165) is 31.5 Å². The van der Waals surface area contributed by atoms with E-state index in [0.29, 0.717) is 17.1 Å². The van der Waals surface area contributed by atoms with Crippen molar-refractivity contribution in [2.45, 2.75) is 25.5 Å². The zero-order valence-corrected chi connectivity index (χ0v) is 11.7. The number of ether oxygens (including phenoxy) is 1. The number of piperidine rings is 1. The number of hydrogen-bond donors (Lipinski definition) is 1. The summed E-state index contributed by atoms with van der Waals surface area (Å²) in [4.78, 5) is 13.7. The van der Waals surface area contributed by atoms with Crippen molar-refractivity contribution >= 4 is 17.6 Å². The molecule has 0 saturated carbocycles.